The van der Waals surface area contributed by atoms with Gasteiger partial charge in [-0.25, -0.2) is 9.98 Å². The Kier molecular flexibility index (Phi) is 9.77. The van der Waals surface area contributed by atoms with Crippen LogP contribution in [0.25, 0.3) is 0 Å². The third-order valence-electron chi connectivity index (χ3n) is 5.09. The number of hydrogen-bond acceptors (Lipinski definition) is 3. The van der Waals surface area contributed by atoms with Crippen LogP contribution in [-0.2, 0) is 13.1 Å². The van der Waals surface area contributed by atoms with Gasteiger partial charge in [0.15, 0.2) is 5.96 Å². The number of guanidine groups is 1. The van der Waals surface area contributed by atoms with E-state index in [2.05, 4.69) is 63.2 Å². The van der Waals surface area contributed by atoms with Crippen LogP contribution in [0.5, 0.6) is 0 Å². The Balaban J connectivity index is 0.00000280. The van der Waals surface area contributed by atoms with Crippen molar-refractivity contribution in [3.8, 4) is 0 Å². The molecule has 1 aliphatic rings. The number of nitrogens with one attached hydrogen (secondary N) is 2. The molecule has 28 heavy (non-hydrogen) atoms. The molecule has 2 aromatic rings. The minimum absolute atomic E-state index is 0. The summed E-state index contributed by atoms with van der Waals surface area (Å²) in [5.41, 5.74) is 2.49. The molecule has 0 bridgehead atoms. The number of imidazole rings is 1. The van der Waals surface area contributed by atoms with Crippen LogP contribution in [0.1, 0.15) is 37.8 Å². The van der Waals surface area contributed by atoms with Crippen molar-refractivity contribution < 1.29 is 0 Å². The van der Waals surface area contributed by atoms with E-state index in [0.717, 1.165) is 32.1 Å². The molecule has 0 saturated carbocycles. The van der Waals surface area contributed by atoms with E-state index in [4.69, 9.17) is 4.99 Å². The van der Waals surface area contributed by atoms with Crippen LogP contribution in [-0.4, -0.2) is 52.6 Å². The highest BCUT2D eigenvalue weighted by Gasteiger charge is 2.22. The van der Waals surface area contributed by atoms with Crippen molar-refractivity contribution >= 4 is 29.9 Å². The van der Waals surface area contributed by atoms with Crippen molar-refractivity contribution in [2.75, 3.05) is 26.2 Å². The number of rotatable bonds is 8. The lowest BCUT2D eigenvalue weighted by Gasteiger charge is -2.24. The molecular weight excluding hydrogens is 463 g/mol. The summed E-state index contributed by atoms with van der Waals surface area (Å²) in [7, 11) is 0. The summed E-state index contributed by atoms with van der Waals surface area (Å²) in [6, 6.07) is 9.24. The molecule has 0 spiro atoms. The number of likely N-dealkylation sites (tertiary alicyclic amines) is 1. The fourth-order valence-electron chi connectivity index (χ4n) is 3.69. The normalized spacial score (nSPS) is 17.4. The molecule has 154 valence electrons. The lowest BCUT2D eigenvalue weighted by molar-refractivity contribution is 0.267. The monoisotopic (exact) mass is 496 g/mol. The highest BCUT2D eigenvalue weighted by atomic mass is 127. The van der Waals surface area contributed by atoms with Gasteiger partial charge >= 0.3 is 0 Å². The summed E-state index contributed by atoms with van der Waals surface area (Å²) in [5, 5.41) is 6.90. The summed E-state index contributed by atoms with van der Waals surface area (Å²) in [5.74, 6) is 0.903. The smallest absolute Gasteiger partial charge is 0.191 e. The third-order valence-corrected chi connectivity index (χ3v) is 5.09. The number of halogens is 1. The summed E-state index contributed by atoms with van der Waals surface area (Å²) in [6.45, 7) is 10.0. The predicted molar refractivity (Wildman–Crippen MR) is 126 cm³/mol. The van der Waals surface area contributed by atoms with E-state index >= 15 is 0 Å². The van der Waals surface area contributed by atoms with Crippen LogP contribution in [0.2, 0.25) is 0 Å². The Bertz CT molecular complexity index is 715. The summed E-state index contributed by atoms with van der Waals surface area (Å²) in [6.07, 6.45) is 8.22. The van der Waals surface area contributed by atoms with Crippen LogP contribution in [0.15, 0.2) is 48.0 Å². The minimum Gasteiger partial charge on any atom is -0.357 e. The van der Waals surface area contributed by atoms with Crippen LogP contribution in [0, 0.1) is 0 Å². The first-order chi connectivity index (χ1) is 13.3. The van der Waals surface area contributed by atoms with E-state index in [0.29, 0.717) is 12.6 Å². The number of nitrogens with zero attached hydrogens (tertiary/aromatic N) is 4. The molecule has 1 atom stereocenters. The van der Waals surface area contributed by atoms with Gasteiger partial charge in [-0.3, -0.25) is 4.90 Å². The second-order valence-electron chi connectivity index (χ2n) is 7.06. The molecule has 0 radical (unpaired) electrons. The molecule has 3 rings (SSSR count). The first-order valence-electron chi connectivity index (χ1n) is 10.1. The molecule has 2 heterocycles. The maximum atomic E-state index is 4.79. The first kappa shape index (κ1) is 22.7. The zero-order valence-corrected chi connectivity index (χ0v) is 19.3. The second-order valence-corrected chi connectivity index (χ2v) is 7.06. The molecule has 1 unspecified atom stereocenters. The molecule has 7 heteroatoms. The lowest BCUT2D eigenvalue weighted by atomic mass is 10.1. The van der Waals surface area contributed by atoms with Gasteiger partial charge in [-0.15, -0.1) is 24.0 Å². The molecule has 1 aromatic carbocycles. The number of benzene rings is 1. The lowest BCUT2D eigenvalue weighted by Crippen LogP contribution is -2.44. The van der Waals surface area contributed by atoms with E-state index in [1.54, 1.807) is 0 Å². The van der Waals surface area contributed by atoms with E-state index in [9.17, 15) is 0 Å². The quantitative estimate of drug-likeness (QED) is 0.335. The maximum absolute atomic E-state index is 4.79. The topological polar surface area (TPSA) is 57.5 Å². The average Bonchev–Trinajstić information content (AvgIpc) is 3.36. The molecule has 2 N–H and O–H groups in total. The Morgan fingerprint density at radius 3 is 2.86 bits per heavy atom. The first-order valence-corrected chi connectivity index (χ1v) is 10.1. The van der Waals surface area contributed by atoms with E-state index in [1.165, 1.54) is 30.5 Å². The molecule has 0 amide bonds. The Morgan fingerprint density at radius 1 is 1.25 bits per heavy atom. The SMILES string of the molecule is CCNC(=NCc1cccc(Cn2ccnc2)c1)NCC1CCCN1CC.I. The second kappa shape index (κ2) is 12.1. The number of aliphatic imine (C=N–C) groups is 1. The van der Waals surface area contributed by atoms with Gasteiger partial charge in [0.05, 0.1) is 12.9 Å². The van der Waals surface area contributed by atoms with Gasteiger partial charge in [0.2, 0.25) is 0 Å². The van der Waals surface area contributed by atoms with Crippen molar-refractivity contribution in [3.05, 3.63) is 54.1 Å². The predicted octanol–water partition coefficient (Wildman–Crippen LogP) is 3.09. The summed E-state index contributed by atoms with van der Waals surface area (Å²) < 4.78 is 2.08. The zero-order chi connectivity index (χ0) is 18.9. The van der Waals surface area contributed by atoms with E-state index in [1.807, 2.05) is 18.7 Å². The van der Waals surface area contributed by atoms with Crippen molar-refractivity contribution in [1.29, 1.82) is 0 Å². The summed E-state index contributed by atoms with van der Waals surface area (Å²) in [4.78, 5) is 11.4. The van der Waals surface area contributed by atoms with Gasteiger partial charge in [-0.05, 0) is 44.0 Å². The molecule has 1 aromatic heterocycles. The van der Waals surface area contributed by atoms with Crippen LogP contribution in [0.3, 0.4) is 0 Å². The fraction of sp³-hybridized carbons (Fsp3) is 0.524. The van der Waals surface area contributed by atoms with Gasteiger partial charge in [0.1, 0.15) is 0 Å². The Labute approximate surface area is 185 Å². The van der Waals surface area contributed by atoms with E-state index < -0.39 is 0 Å². The van der Waals surface area contributed by atoms with Gasteiger partial charge < -0.3 is 15.2 Å². The number of aromatic nitrogens is 2. The van der Waals surface area contributed by atoms with Gasteiger partial charge in [0.25, 0.3) is 0 Å². The summed E-state index contributed by atoms with van der Waals surface area (Å²) >= 11 is 0. The molecule has 1 saturated heterocycles. The van der Waals surface area contributed by atoms with Crippen molar-refractivity contribution in [2.24, 2.45) is 4.99 Å². The standard InChI is InChI=1S/C21H32N6.HI/c1-3-23-21(25-15-20-9-6-11-27(20)4-2)24-14-18-7-5-8-19(13-18)16-26-12-10-22-17-26;/h5,7-8,10,12-13,17,20H,3-4,6,9,11,14-16H2,1-2H3,(H2,23,24,25);1H. The molecule has 1 aliphatic heterocycles. The molecule has 0 aliphatic carbocycles. The average molecular weight is 496 g/mol. The fourth-order valence-corrected chi connectivity index (χ4v) is 3.69. The highest BCUT2D eigenvalue weighted by Crippen LogP contribution is 2.15. The van der Waals surface area contributed by atoms with Crippen LogP contribution in [0.4, 0.5) is 0 Å². The zero-order valence-electron chi connectivity index (χ0n) is 17.0. The van der Waals surface area contributed by atoms with Crippen molar-refractivity contribution in [3.63, 3.8) is 0 Å². The van der Waals surface area contributed by atoms with Crippen molar-refractivity contribution in [1.82, 2.24) is 25.1 Å². The van der Waals surface area contributed by atoms with Crippen LogP contribution < -0.4 is 10.6 Å². The minimum atomic E-state index is 0. The molecular formula is C21H33IN6. The van der Waals surface area contributed by atoms with Gasteiger partial charge in [-0.1, -0.05) is 31.2 Å². The number of likely N-dealkylation sites (N-methyl/N-ethyl adjacent to an activating group) is 1. The third kappa shape index (κ3) is 6.77. The van der Waals surface area contributed by atoms with E-state index in [-0.39, 0.29) is 24.0 Å². The van der Waals surface area contributed by atoms with Gasteiger partial charge in [-0.2, -0.15) is 0 Å². The van der Waals surface area contributed by atoms with Crippen molar-refractivity contribution in [2.45, 2.75) is 45.8 Å². The Morgan fingerprint density at radius 2 is 2.11 bits per heavy atom. The highest BCUT2D eigenvalue weighted by molar-refractivity contribution is 14.0. The van der Waals surface area contributed by atoms with Gasteiger partial charge in [0, 0.05) is 38.1 Å². The largest absolute Gasteiger partial charge is 0.357 e. The maximum Gasteiger partial charge on any atom is 0.191 e. The molecule has 1 fully saturated rings. The number of hydrogen-bond donors (Lipinski definition) is 2. The molecule has 6 nitrogen and oxygen atoms in total. The Hall–Kier alpha value is -1.61. The van der Waals surface area contributed by atoms with Crippen LogP contribution >= 0.6 is 24.0 Å².